The summed E-state index contributed by atoms with van der Waals surface area (Å²) in [4.78, 5) is 26.3. The lowest BCUT2D eigenvalue weighted by Crippen LogP contribution is -2.46. The monoisotopic (exact) mass is 442 g/mol. The Balaban J connectivity index is 1.66. The first-order valence-electron chi connectivity index (χ1n) is 9.73. The van der Waals surface area contributed by atoms with Crippen LogP contribution >= 0.6 is 11.8 Å². The quantitative estimate of drug-likeness (QED) is 0.501. The number of amides is 2. The van der Waals surface area contributed by atoms with Crippen LogP contribution in [0.5, 0.6) is 17.2 Å². The van der Waals surface area contributed by atoms with Crippen LogP contribution in [0.25, 0.3) is 0 Å². The van der Waals surface area contributed by atoms with E-state index in [0.29, 0.717) is 34.1 Å². The van der Waals surface area contributed by atoms with Crippen LogP contribution in [-0.4, -0.2) is 38.3 Å². The van der Waals surface area contributed by atoms with Crippen LogP contribution < -0.4 is 24.8 Å². The molecule has 2 amide bonds. The fourth-order valence-corrected chi connectivity index (χ4v) is 4.22. The number of thioether (sulfide) groups is 1. The molecule has 2 heterocycles. The molecule has 0 spiro atoms. The van der Waals surface area contributed by atoms with Gasteiger partial charge >= 0.3 is 12.0 Å². The molecule has 9 heteroatoms. The average molecular weight is 442 g/mol. The molecule has 0 fully saturated rings. The van der Waals surface area contributed by atoms with Crippen molar-refractivity contribution in [2.45, 2.75) is 17.9 Å². The van der Waals surface area contributed by atoms with E-state index in [4.69, 9.17) is 18.9 Å². The highest BCUT2D eigenvalue weighted by Gasteiger charge is 2.34. The molecule has 2 aliphatic heterocycles. The summed E-state index contributed by atoms with van der Waals surface area (Å²) in [6.07, 6.45) is 0. The first kappa shape index (κ1) is 20.9. The Hall–Kier alpha value is -3.33. The second-order valence-corrected chi connectivity index (χ2v) is 7.77. The molecular formula is C22H22N2O6S. The van der Waals surface area contributed by atoms with Crippen LogP contribution in [0.1, 0.15) is 18.5 Å². The van der Waals surface area contributed by atoms with Gasteiger partial charge in [-0.05, 0) is 48.9 Å². The molecule has 4 rings (SSSR count). The third-order valence-corrected chi connectivity index (χ3v) is 5.86. The van der Waals surface area contributed by atoms with Gasteiger partial charge in [0.25, 0.3) is 0 Å². The molecule has 2 aromatic rings. The smallest absolute Gasteiger partial charge is 0.338 e. The van der Waals surface area contributed by atoms with Crippen LogP contribution in [0.2, 0.25) is 0 Å². The minimum absolute atomic E-state index is 0.141. The molecule has 0 aliphatic carbocycles. The Morgan fingerprint density at radius 1 is 1.16 bits per heavy atom. The van der Waals surface area contributed by atoms with Crippen LogP contribution in [0.3, 0.4) is 0 Å². The highest BCUT2D eigenvalue weighted by atomic mass is 32.2. The van der Waals surface area contributed by atoms with E-state index in [0.717, 1.165) is 10.6 Å². The topological polar surface area (TPSA) is 95.1 Å². The van der Waals surface area contributed by atoms with Crippen LogP contribution in [-0.2, 0) is 9.53 Å². The standard InChI is InChI=1S/C22H22N2O6S/c1-3-28-21(25)19-16(11-31-15-7-5-14(27-2)6-8-15)23-22(26)24-20(19)13-4-9-17-18(10-13)30-12-29-17/h4-10,20H,3,11-12H2,1-2H3,(H2,23,24,26)/t20-/m0/s1. The second-order valence-electron chi connectivity index (χ2n) is 6.72. The Morgan fingerprint density at radius 2 is 1.94 bits per heavy atom. The molecule has 2 aromatic carbocycles. The molecule has 31 heavy (non-hydrogen) atoms. The normalized spacial score (nSPS) is 17.1. The fraction of sp³-hybridized carbons (Fsp3) is 0.273. The molecular weight excluding hydrogens is 420 g/mol. The van der Waals surface area contributed by atoms with Crippen molar-refractivity contribution in [1.82, 2.24) is 10.6 Å². The molecule has 2 aliphatic rings. The van der Waals surface area contributed by atoms with Gasteiger partial charge in [0.05, 0.1) is 25.3 Å². The summed E-state index contributed by atoms with van der Waals surface area (Å²) in [5.74, 6) is 1.86. The lowest BCUT2D eigenvalue weighted by molar-refractivity contribution is -0.139. The van der Waals surface area contributed by atoms with Gasteiger partial charge in [0, 0.05) is 16.3 Å². The van der Waals surface area contributed by atoms with Crippen molar-refractivity contribution in [3.8, 4) is 17.2 Å². The van der Waals surface area contributed by atoms with E-state index in [-0.39, 0.29) is 19.4 Å². The van der Waals surface area contributed by atoms with Crippen molar-refractivity contribution in [2.75, 3.05) is 26.3 Å². The first-order valence-corrected chi connectivity index (χ1v) is 10.7. The minimum atomic E-state index is -0.672. The maximum Gasteiger partial charge on any atom is 0.338 e. The highest BCUT2D eigenvalue weighted by molar-refractivity contribution is 7.99. The largest absolute Gasteiger partial charge is 0.497 e. The summed E-state index contributed by atoms with van der Waals surface area (Å²) in [5.41, 5.74) is 1.57. The zero-order valence-corrected chi connectivity index (χ0v) is 17.9. The van der Waals surface area contributed by atoms with Crippen molar-refractivity contribution in [2.24, 2.45) is 0 Å². The van der Waals surface area contributed by atoms with Crippen LogP contribution in [0.15, 0.2) is 58.6 Å². The predicted molar refractivity (Wildman–Crippen MR) is 114 cm³/mol. The third kappa shape index (κ3) is 4.56. The summed E-state index contributed by atoms with van der Waals surface area (Å²) in [7, 11) is 1.61. The van der Waals surface area contributed by atoms with E-state index >= 15 is 0 Å². The SMILES string of the molecule is CCOC(=O)C1=C(CSc2ccc(OC)cc2)NC(=O)N[C@H]1c1ccc2c(c1)OCO2. The number of fused-ring (bicyclic) bond motifs is 1. The number of methoxy groups -OCH3 is 1. The maximum absolute atomic E-state index is 12.9. The average Bonchev–Trinajstić information content (AvgIpc) is 3.25. The number of urea groups is 1. The van der Waals surface area contributed by atoms with Crippen molar-refractivity contribution >= 4 is 23.8 Å². The minimum Gasteiger partial charge on any atom is -0.497 e. The van der Waals surface area contributed by atoms with E-state index in [1.807, 2.05) is 24.3 Å². The molecule has 0 unspecified atom stereocenters. The first-order chi connectivity index (χ1) is 15.1. The molecule has 0 bridgehead atoms. The molecule has 162 valence electrons. The predicted octanol–water partition coefficient (Wildman–Crippen LogP) is 3.39. The number of nitrogens with one attached hydrogen (secondary N) is 2. The summed E-state index contributed by atoms with van der Waals surface area (Å²) in [5, 5.41) is 5.60. The van der Waals surface area contributed by atoms with Crippen LogP contribution in [0.4, 0.5) is 4.79 Å². The van der Waals surface area contributed by atoms with E-state index < -0.39 is 12.0 Å². The number of hydrogen-bond donors (Lipinski definition) is 2. The van der Waals surface area contributed by atoms with Crippen LogP contribution in [0, 0.1) is 0 Å². The number of carbonyl (C=O) groups excluding carboxylic acids is 2. The lowest BCUT2D eigenvalue weighted by Gasteiger charge is -2.29. The zero-order valence-electron chi connectivity index (χ0n) is 17.1. The fourth-order valence-electron chi connectivity index (χ4n) is 3.35. The van der Waals surface area contributed by atoms with Crippen molar-refractivity contribution < 1.29 is 28.5 Å². The van der Waals surface area contributed by atoms with Gasteiger partial charge < -0.3 is 29.6 Å². The zero-order chi connectivity index (χ0) is 21.8. The van der Waals surface area contributed by atoms with E-state index in [1.54, 1.807) is 32.2 Å². The molecule has 0 saturated carbocycles. The van der Waals surface area contributed by atoms with Gasteiger partial charge in [-0.15, -0.1) is 11.8 Å². The summed E-state index contributed by atoms with van der Waals surface area (Å²) in [6, 6.07) is 11.8. The van der Waals surface area contributed by atoms with Gasteiger partial charge in [-0.3, -0.25) is 0 Å². The van der Waals surface area contributed by atoms with Gasteiger partial charge in [0.2, 0.25) is 6.79 Å². The summed E-state index contributed by atoms with van der Waals surface area (Å²) >= 11 is 1.50. The van der Waals surface area contributed by atoms with Gasteiger partial charge in [-0.1, -0.05) is 6.07 Å². The number of hydrogen-bond acceptors (Lipinski definition) is 7. The molecule has 2 N–H and O–H groups in total. The number of esters is 1. The van der Waals surface area contributed by atoms with Crippen molar-refractivity contribution in [1.29, 1.82) is 0 Å². The van der Waals surface area contributed by atoms with Crippen molar-refractivity contribution in [3.63, 3.8) is 0 Å². The number of carbonyl (C=O) groups is 2. The second kappa shape index (κ2) is 9.22. The molecule has 0 radical (unpaired) electrons. The Morgan fingerprint density at radius 3 is 2.68 bits per heavy atom. The molecule has 0 saturated heterocycles. The van der Waals surface area contributed by atoms with Gasteiger partial charge in [-0.25, -0.2) is 9.59 Å². The Kier molecular flexibility index (Phi) is 6.22. The van der Waals surface area contributed by atoms with Gasteiger partial charge in [0.15, 0.2) is 11.5 Å². The molecule has 1 atom stereocenters. The number of rotatable bonds is 7. The maximum atomic E-state index is 12.9. The third-order valence-electron chi connectivity index (χ3n) is 4.82. The molecule has 8 nitrogen and oxygen atoms in total. The molecule has 0 aromatic heterocycles. The lowest BCUT2D eigenvalue weighted by atomic mass is 9.95. The number of benzene rings is 2. The van der Waals surface area contributed by atoms with Gasteiger partial charge in [0.1, 0.15) is 5.75 Å². The van der Waals surface area contributed by atoms with E-state index in [2.05, 4.69) is 10.6 Å². The van der Waals surface area contributed by atoms with Gasteiger partial charge in [-0.2, -0.15) is 0 Å². The summed E-state index contributed by atoms with van der Waals surface area (Å²) in [6.45, 7) is 2.11. The van der Waals surface area contributed by atoms with Crippen molar-refractivity contribution in [3.05, 3.63) is 59.3 Å². The number of ether oxygens (including phenoxy) is 4. The Labute approximate surface area is 183 Å². The highest BCUT2D eigenvalue weighted by Crippen LogP contribution is 2.37. The summed E-state index contributed by atoms with van der Waals surface area (Å²) < 4.78 is 21.3. The van der Waals surface area contributed by atoms with E-state index in [9.17, 15) is 9.59 Å². The van der Waals surface area contributed by atoms with E-state index in [1.165, 1.54) is 11.8 Å². The Bertz CT molecular complexity index is 1020.